The molecule has 0 aliphatic carbocycles. The average molecular weight is 345 g/mol. The van der Waals surface area contributed by atoms with Crippen molar-refractivity contribution in [2.75, 3.05) is 19.6 Å². The maximum Gasteiger partial charge on any atom is 0.251 e. The first-order chi connectivity index (χ1) is 11.7. The number of aromatic nitrogens is 1. The van der Waals surface area contributed by atoms with Crippen molar-refractivity contribution in [3.8, 4) is 0 Å². The van der Waals surface area contributed by atoms with Crippen LogP contribution in [0.2, 0.25) is 0 Å². The van der Waals surface area contributed by atoms with Crippen LogP contribution in [0.1, 0.15) is 27.2 Å². The van der Waals surface area contributed by atoms with Crippen LogP contribution in [-0.4, -0.2) is 36.5 Å². The van der Waals surface area contributed by atoms with Gasteiger partial charge < -0.3 is 16.0 Å². The molecule has 0 aliphatic rings. The molecule has 7 heteroatoms. The highest BCUT2D eigenvalue weighted by atomic mass is 32.1. The fourth-order valence-electron chi connectivity index (χ4n) is 2.01. The van der Waals surface area contributed by atoms with Crippen LogP contribution in [0.4, 0.5) is 0 Å². The van der Waals surface area contributed by atoms with Crippen LogP contribution >= 0.6 is 11.3 Å². The molecule has 1 amide bonds. The van der Waals surface area contributed by atoms with Gasteiger partial charge in [-0.05, 0) is 26.0 Å². The highest BCUT2D eigenvalue weighted by Gasteiger charge is 2.04. The van der Waals surface area contributed by atoms with E-state index in [9.17, 15) is 4.79 Å². The molecule has 0 saturated carbocycles. The average Bonchev–Trinajstić information content (AvgIpc) is 3.02. The summed E-state index contributed by atoms with van der Waals surface area (Å²) in [6, 6.07) is 9.18. The minimum atomic E-state index is -0.0717. The molecule has 3 N–H and O–H groups in total. The minimum Gasteiger partial charge on any atom is -0.357 e. The number of aryl methyl sites for hydroxylation is 1. The molecule has 0 unspecified atom stereocenters. The first kappa shape index (κ1) is 17.9. The molecule has 0 saturated heterocycles. The van der Waals surface area contributed by atoms with Crippen LogP contribution in [-0.2, 0) is 6.54 Å². The number of guanidine groups is 1. The van der Waals surface area contributed by atoms with Gasteiger partial charge in [0.2, 0.25) is 0 Å². The van der Waals surface area contributed by atoms with Crippen LogP contribution in [0.25, 0.3) is 0 Å². The lowest BCUT2D eigenvalue weighted by atomic mass is 10.2. The van der Waals surface area contributed by atoms with Crippen molar-refractivity contribution < 1.29 is 4.79 Å². The molecule has 0 radical (unpaired) electrons. The topological polar surface area (TPSA) is 78.4 Å². The summed E-state index contributed by atoms with van der Waals surface area (Å²) >= 11 is 1.65. The first-order valence-electron chi connectivity index (χ1n) is 7.95. The van der Waals surface area contributed by atoms with Gasteiger partial charge in [-0.25, -0.2) is 9.98 Å². The SMILES string of the molecule is CCNC(=NCc1ncc(C)s1)NCCNC(=O)c1ccccc1. The predicted octanol–water partition coefficient (Wildman–Crippen LogP) is 1.94. The maximum atomic E-state index is 11.9. The minimum absolute atomic E-state index is 0.0717. The molecule has 128 valence electrons. The van der Waals surface area contributed by atoms with Crippen LogP contribution < -0.4 is 16.0 Å². The Bertz CT molecular complexity index is 669. The third-order valence-corrected chi connectivity index (χ3v) is 4.02. The fraction of sp³-hybridized carbons (Fsp3) is 0.353. The number of carbonyl (C=O) groups is 1. The number of rotatable bonds is 7. The van der Waals surface area contributed by atoms with E-state index < -0.39 is 0 Å². The number of thiazole rings is 1. The summed E-state index contributed by atoms with van der Waals surface area (Å²) in [4.78, 5) is 21.9. The summed E-state index contributed by atoms with van der Waals surface area (Å²) in [6.45, 7) is 6.49. The van der Waals surface area contributed by atoms with E-state index in [1.54, 1.807) is 23.5 Å². The molecule has 0 bridgehead atoms. The van der Waals surface area contributed by atoms with Crippen molar-refractivity contribution in [1.82, 2.24) is 20.9 Å². The summed E-state index contributed by atoms with van der Waals surface area (Å²) in [5.74, 6) is 0.650. The Labute approximate surface area is 146 Å². The number of hydrogen-bond donors (Lipinski definition) is 3. The Morgan fingerprint density at radius 3 is 2.58 bits per heavy atom. The fourth-order valence-corrected chi connectivity index (χ4v) is 2.72. The van der Waals surface area contributed by atoms with Gasteiger partial charge in [0.25, 0.3) is 5.91 Å². The number of benzene rings is 1. The molecule has 24 heavy (non-hydrogen) atoms. The summed E-state index contributed by atoms with van der Waals surface area (Å²) < 4.78 is 0. The second kappa shape index (κ2) is 9.67. The molecule has 2 rings (SSSR count). The van der Waals surface area contributed by atoms with Gasteiger partial charge >= 0.3 is 0 Å². The molecule has 1 aromatic carbocycles. The van der Waals surface area contributed by atoms with Gasteiger partial charge in [-0.15, -0.1) is 11.3 Å². The lowest BCUT2D eigenvalue weighted by molar-refractivity contribution is 0.0954. The van der Waals surface area contributed by atoms with Gasteiger partial charge in [-0.2, -0.15) is 0 Å². The lowest BCUT2D eigenvalue weighted by Crippen LogP contribution is -2.41. The van der Waals surface area contributed by atoms with Crippen molar-refractivity contribution in [1.29, 1.82) is 0 Å². The van der Waals surface area contributed by atoms with Gasteiger partial charge in [0.05, 0.1) is 6.54 Å². The first-order valence-corrected chi connectivity index (χ1v) is 8.77. The number of nitrogens with one attached hydrogen (secondary N) is 3. The molecule has 1 aromatic heterocycles. The normalized spacial score (nSPS) is 11.2. The van der Waals surface area contributed by atoms with Crippen molar-refractivity contribution in [2.24, 2.45) is 4.99 Å². The molecule has 2 aromatic rings. The number of amides is 1. The molecule has 0 spiro atoms. The second-order valence-electron chi connectivity index (χ2n) is 5.11. The van der Waals surface area contributed by atoms with E-state index in [1.165, 1.54) is 4.88 Å². The van der Waals surface area contributed by atoms with E-state index in [4.69, 9.17) is 0 Å². The Hall–Kier alpha value is -2.41. The van der Waals surface area contributed by atoms with Crippen LogP contribution in [0.3, 0.4) is 0 Å². The molecule has 0 fully saturated rings. The monoisotopic (exact) mass is 345 g/mol. The Kier molecular flexibility index (Phi) is 7.22. The summed E-state index contributed by atoms with van der Waals surface area (Å²) in [6.07, 6.45) is 1.86. The van der Waals surface area contributed by atoms with Gasteiger partial charge in [0.1, 0.15) is 5.01 Å². The maximum absolute atomic E-state index is 11.9. The van der Waals surface area contributed by atoms with Crippen molar-refractivity contribution in [2.45, 2.75) is 20.4 Å². The van der Waals surface area contributed by atoms with Crippen LogP contribution in [0, 0.1) is 6.92 Å². The summed E-state index contributed by atoms with van der Waals surface area (Å²) in [5.41, 5.74) is 0.664. The van der Waals surface area contributed by atoms with Gasteiger partial charge in [0.15, 0.2) is 5.96 Å². The van der Waals surface area contributed by atoms with E-state index in [-0.39, 0.29) is 5.91 Å². The molecular formula is C17H23N5OS. The highest BCUT2D eigenvalue weighted by Crippen LogP contribution is 2.11. The number of carbonyl (C=O) groups excluding carboxylic acids is 1. The zero-order valence-electron chi connectivity index (χ0n) is 14.0. The largest absolute Gasteiger partial charge is 0.357 e. The standard InChI is InChI=1S/C17H23N5OS/c1-3-18-17(22-12-15-21-11-13(2)24-15)20-10-9-19-16(23)14-7-5-4-6-8-14/h4-8,11H,3,9-10,12H2,1-2H3,(H,19,23)(H2,18,20,22). The predicted molar refractivity (Wildman–Crippen MR) is 98.4 cm³/mol. The van der Waals surface area contributed by atoms with E-state index in [0.29, 0.717) is 25.2 Å². The van der Waals surface area contributed by atoms with Crippen molar-refractivity contribution in [3.05, 3.63) is 52.0 Å². The van der Waals surface area contributed by atoms with Crippen molar-refractivity contribution >= 4 is 23.2 Å². The highest BCUT2D eigenvalue weighted by molar-refractivity contribution is 7.11. The van der Waals surface area contributed by atoms with Gasteiger partial charge in [-0.3, -0.25) is 4.79 Å². The molecule has 0 atom stereocenters. The van der Waals surface area contributed by atoms with Crippen molar-refractivity contribution in [3.63, 3.8) is 0 Å². The quantitative estimate of drug-likeness (QED) is 0.407. The van der Waals surface area contributed by atoms with E-state index in [2.05, 4.69) is 25.9 Å². The number of hydrogen-bond acceptors (Lipinski definition) is 4. The summed E-state index contributed by atoms with van der Waals surface area (Å²) in [7, 11) is 0. The Morgan fingerprint density at radius 2 is 1.92 bits per heavy atom. The zero-order chi connectivity index (χ0) is 17.2. The van der Waals surface area contributed by atoms with E-state index in [0.717, 1.165) is 17.5 Å². The van der Waals surface area contributed by atoms with E-state index in [1.807, 2.05) is 38.2 Å². The number of nitrogens with zero attached hydrogens (tertiary/aromatic N) is 2. The summed E-state index contributed by atoms with van der Waals surface area (Å²) in [5, 5.41) is 10.3. The van der Waals surface area contributed by atoms with Crippen LogP contribution in [0.15, 0.2) is 41.5 Å². The molecular weight excluding hydrogens is 322 g/mol. The Morgan fingerprint density at radius 1 is 1.17 bits per heavy atom. The third kappa shape index (κ3) is 6.00. The lowest BCUT2D eigenvalue weighted by Gasteiger charge is -2.11. The molecule has 6 nitrogen and oxygen atoms in total. The van der Waals surface area contributed by atoms with Gasteiger partial charge in [0, 0.05) is 36.3 Å². The Balaban J connectivity index is 1.75. The molecule has 1 heterocycles. The van der Waals surface area contributed by atoms with E-state index >= 15 is 0 Å². The number of aliphatic imine (C=N–C) groups is 1. The second-order valence-corrected chi connectivity index (χ2v) is 6.43. The zero-order valence-corrected chi connectivity index (χ0v) is 14.8. The van der Waals surface area contributed by atoms with Gasteiger partial charge in [-0.1, -0.05) is 18.2 Å². The molecule has 0 aliphatic heterocycles. The smallest absolute Gasteiger partial charge is 0.251 e. The van der Waals surface area contributed by atoms with Crippen LogP contribution in [0.5, 0.6) is 0 Å². The third-order valence-electron chi connectivity index (χ3n) is 3.12.